The molecule has 0 spiro atoms. The van der Waals surface area contributed by atoms with Gasteiger partial charge in [-0.1, -0.05) is 84.9 Å². The van der Waals surface area contributed by atoms with Crippen LogP contribution in [0.25, 0.3) is 43.4 Å². The normalized spacial score (nSPS) is 12.9. The largest absolute Gasteiger partial charge is 0.247 e. The second kappa shape index (κ2) is 5.68. The average Bonchev–Trinajstić information content (AvgIpc) is 3.43. The minimum absolute atomic E-state index is 1.01. The van der Waals surface area contributed by atoms with E-state index in [0.717, 1.165) is 22.1 Å². The molecular weight excluding hydrogens is 388 g/mol. The van der Waals surface area contributed by atoms with E-state index in [4.69, 9.17) is 9.98 Å². The van der Waals surface area contributed by atoms with Gasteiger partial charge in [0.25, 0.3) is 0 Å². The summed E-state index contributed by atoms with van der Waals surface area (Å²) in [5.41, 5.74) is 4.50. The van der Waals surface area contributed by atoms with Crippen molar-refractivity contribution in [1.82, 2.24) is 0 Å². The highest BCUT2D eigenvalue weighted by Crippen LogP contribution is 2.40. The fourth-order valence-electron chi connectivity index (χ4n) is 5.57. The molecule has 2 heteroatoms. The number of hydrogen-bond acceptors (Lipinski definition) is 2. The first-order valence-corrected chi connectivity index (χ1v) is 10.9. The SMILES string of the molecule is c1ccc2c3c(ccc2c1)-c1ccc2c(c1=N3)=c1c(c3ccccc3c3ccccc13)=N2. The standard InChI is InChI=1S/C30H16N2/c1-2-8-18-17(7-1)13-14-23-24-15-16-25-27(30(24)32-28(18)23)26-21-11-5-3-9-19(21)20-10-4-6-12-22(20)29(26)31-25/h1-16H. The van der Waals surface area contributed by atoms with Crippen LogP contribution in [0.1, 0.15) is 0 Å². The molecule has 32 heavy (non-hydrogen) atoms. The fourth-order valence-corrected chi connectivity index (χ4v) is 5.57. The van der Waals surface area contributed by atoms with Gasteiger partial charge in [0.15, 0.2) is 0 Å². The zero-order valence-electron chi connectivity index (χ0n) is 17.1. The van der Waals surface area contributed by atoms with Gasteiger partial charge in [-0.3, -0.25) is 0 Å². The van der Waals surface area contributed by atoms with Gasteiger partial charge in [0, 0.05) is 32.3 Å². The molecule has 0 saturated carbocycles. The van der Waals surface area contributed by atoms with Gasteiger partial charge in [-0.15, -0.1) is 0 Å². The Balaban J connectivity index is 1.68. The van der Waals surface area contributed by atoms with E-state index < -0.39 is 0 Å². The molecule has 0 unspecified atom stereocenters. The Labute approximate surface area is 183 Å². The summed E-state index contributed by atoms with van der Waals surface area (Å²) < 4.78 is 0. The molecule has 0 amide bonds. The molecule has 0 atom stereocenters. The van der Waals surface area contributed by atoms with Crippen molar-refractivity contribution < 1.29 is 0 Å². The maximum Gasteiger partial charge on any atom is 0.0817 e. The third-order valence-electron chi connectivity index (χ3n) is 6.96. The summed E-state index contributed by atoms with van der Waals surface area (Å²) in [6.45, 7) is 0. The monoisotopic (exact) mass is 404 g/mol. The van der Waals surface area contributed by atoms with E-state index in [2.05, 4.69) is 97.1 Å². The van der Waals surface area contributed by atoms with Crippen LogP contribution in [-0.2, 0) is 0 Å². The van der Waals surface area contributed by atoms with Crippen molar-refractivity contribution >= 4 is 43.7 Å². The summed E-state index contributed by atoms with van der Waals surface area (Å²) >= 11 is 0. The Bertz CT molecular complexity index is 2040. The lowest BCUT2D eigenvalue weighted by Gasteiger charge is -2.04. The number of rotatable bonds is 0. The minimum atomic E-state index is 1.01. The van der Waals surface area contributed by atoms with E-state index in [-0.39, 0.29) is 0 Å². The summed E-state index contributed by atoms with van der Waals surface area (Å²) in [4.78, 5) is 10.4. The quantitative estimate of drug-likeness (QED) is 0.253. The molecule has 0 bridgehead atoms. The molecule has 8 rings (SSSR count). The number of nitrogens with zero attached hydrogens (tertiary/aromatic N) is 2. The summed E-state index contributed by atoms with van der Waals surface area (Å²) in [5.74, 6) is 0. The van der Waals surface area contributed by atoms with Crippen LogP contribution >= 0.6 is 0 Å². The predicted octanol–water partition coefficient (Wildman–Crippen LogP) is 6.63. The van der Waals surface area contributed by atoms with Gasteiger partial charge >= 0.3 is 0 Å². The van der Waals surface area contributed by atoms with E-state index in [9.17, 15) is 0 Å². The van der Waals surface area contributed by atoms with E-state index >= 15 is 0 Å². The first-order chi connectivity index (χ1) is 15.9. The highest BCUT2D eigenvalue weighted by atomic mass is 14.8. The lowest BCUT2D eigenvalue weighted by Crippen LogP contribution is -2.08. The maximum atomic E-state index is 5.24. The molecule has 6 aromatic rings. The van der Waals surface area contributed by atoms with Crippen molar-refractivity contribution in [3.8, 4) is 11.1 Å². The van der Waals surface area contributed by atoms with Gasteiger partial charge < -0.3 is 0 Å². The van der Waals surface area contributed by atoms with Gasteiger partial charge in [-0.2, -0.15) is 0 Å². The molecule has 2 aliphatic rings. The number of hydrogen-bond donors (Lipinski definition) is 0. The van der Waals surface area contributed by atoms with Crippen molar-refractivity contribution in [3.05, 3.63) is 118 Å². The van der Waals surface area contributed by atoms with Crippen molar-refractivity contribution in [1.29, 1.82) is 0 Å². The van der Waals surface area contributed by atoms with Crippen LogP contribution in [0.15, 0.2) is 107 Å². The first kappa shape index (κ1) is 16.4. The average molecular weight is 404 g/mol. The van der Waals surface area contributed by atoms with Crippen LogP contribution in [0.5, 0.6) is 0 Å². The molecule has 146 valence electrons. The molecule has 0 aliphatic carbocycles. The molecular formula is C30H16N2. The van der Waals surface area contributed by atoms with Crippen molar-refractivity contribution in [3.63, 3.8) is 0 Å². The third-order valence-corrected chi connectivity index (χ3v) is 6.96. The van der Waals surface area contributed by atoms with Crippen molar-refractivity contribution in [2.75, 3.05) is 0 Å². The third kappa shape index (κ3) is 1.91. The van der Waals surface area contributed by atoms with Crippen LogP contribution in [0.4, 0.5) is 11.4 Å². The minimum Gasteiger partial charge on any atom is -0.247 e. The van der Waals surface area contributed by atoms with Crippen LogP contribution in [0, 0.1) is 10.4 Å². The molecule has 0 saturated heterocycles. The number of benzene rings is 6. The molecule has 6 aromatic carbocycles. The summed E-state index contributed by atoms with van der Waals surface area (Å²) in [5, 5.41) is 11.9. The first-order valence-electron chi connectivity index (χ1n) is 10.9. The second-order valence-electron chi connectivity index (χ2n) is 8.58. The number of fused-ring (bicyclic) bond motifs is 13. The highest BCUT2D eigenvalue weighted by Gasteiger charge is 2.21. The molecule has 0 N–H and O–H groups in total. The predicted molar refractivity (Wildman–Crippen MR) is 130 cm³/mol. The fraction of sp³-hybridized carbons (Fsp3) is 0. The van der Waals surface area contributed by atoms with Gasteiger partial charge in [-0.25, -0.2) is 9.98 Å². The lowest BCUT2D eigenvalue weighted by atomic mass is 9.97. The Hall–Kier alpha value is -4.30. The van der Waals surface area contributed by atoms with Crippen LogP contribution in [-0.4, -0.2) is 0 Å². The smallest absolute Gasteiger partial charge is 0.0817 e. The van der Waals surface area contributed by atoms with Gasteiger partial charge in [-0.05, 0) is 33.7 Å². The lowest BCUT2D eigenvalue weighted by molar-refractivity contribution is 1.36. The zero-order chi connectivity index (χ0) is 20.8. The van der Waals surface area contributed by atoms with Crippen LogP contribution in [0.2, 0.25) is 0 Å². The van der Waals surface area contributed by atoms with Gasteiger partial charge in [0.05, 0.1) is 22.1 Å². The van der Waals surface area contributed by atoms with E-state index in [1.54, 1.807) is 0 Å². The van der Waals surface area contributed by atoms with Gasteiger partial charge in [0.1, 0.15) is 0 Å². The van der Waals surface area contributed by atoms with Gasteiger partial charge in [0.2, 0.25) is 0 Å². The van der Waals surface area contributed by atoms with E-state index in [0.29, 0.717) is 0 Å². The second-order valence-corrected chi connectivity index (χ2v) is 8.58. The molecule has 2 heterocycles. The zero-order valence-corrected chi connectivity index (χ0v) is 17.1. The molecule has 2 nitrogen and oxygen atoms in total. The van der Waals surface area contributed by atoms with Crippen molar-refractivity contribution in [2.24, 2.45) is 9.98 Å². The molecule has 0 fully saturated rings. The molecule has 2 aliphatic heterocycles. The summed E-state index contributed by atoms with van der Waals surface area (Å²) in [7, 11) is 0. The van der Waals surface area contributed by atoms with Crippen molar-refractivity contribution in [2.45, 2.75) is 0 Å². The summed E-state index contributed by atoms with van der Waals surface area (Å²) in [6.07, 6.45) is 0. The Morgan fingerprint density at radius 2 is 1.06 bits per heavy atom. The van der Waals surface area contributed by atoms with E-state index in [1.807, 2.05) is 0 Å². The topological polar surface area (TPSA) is 24.7 Å². The Kier molecular flexibility index (Phi) is 2.91. The Morgan fingerprint density at radius 3 is 1.91 bits per heavy atom. The van der Waals surface area contributed by atoms with Crippen LogP contribution in [0.3, 0.4) is 0 Å². The van der Waals surface area contributed by atoms with Crippen LogP contribution < -0.4 is 10.7 Å². The maximum absolute atomic E-state index is 5.24. The molecule has 0 aromatic heterocycles. The highest BCUT2D eigenvalue weighted by molar-refractivity contribution is 6.08. The summed E-state index contributed by atoms with van der Waals surface area (Å²) in [6, 6.07) is 34.6. The Morgan fingerprint density at radius 1 is 0.406 bits per heavy atom. The molecule has 0 radical (unpaired) electrons. The van der Waals surface area contributed by atoms with E-state index in [1.165, 1.54) is 53.9 Å².